The lowest BCUT2D eigenvalue weighted by molar-refractivity contribution is 0.176. The van der Waals surface area contributed by atoms with Crippen LogP contribution in [0.2, 0.25) is 13.1 Å². The second-order valence-corrected chi connectivity index (χ2v) is 12.0. The van der Waals surface area contributed by atoms with Crippen molar-refractivity contribution in [3.8, 4) is 0 Å². The van der Waals surface area contributed by atoms with E-state index in [1.165, 1.54) is 51.6 Å². The van der Waals surface area contributed by atoms with Crippen LogP contribution in [0.4, 0.5) is 22.0 Å². The first-order valence-corrected chi connectivity index (χ1v) is 13.8. The van der Waals surface area contributed by atoms with Crippen LogP contribution in [0, 0.1) is 29.1 Å². The first-order valence-electron chi connectivity index (χ1n) is 10.9. The zero-order valence-electron chi connectivity index (χ0n) is 18.2. The van der Waals surface area contributed by atoms with E-state index in [9.17, 15) is 22.0 Å². The van der Waals surface area contributed by atoms with Crippen LogP contribution < -0.4 is 5.19 Å². The number of hydrogen-bond donors (Lipinski definition) is 0. The molecule has 1 atom stereocenters. The summed E-state index contributed by atoms with van der Waals surface area (Å²) in [7, 11) is -3.33. The first kappa shape index (κ1) is 26.1. The van der Waals surface area contributed by atoms with Crippen molar-refractivity contribution in [3.63, 3.8) is 0 Å². The Bertz CT molecular complexity index is 607. The Balaban J connectivity index is 2.59. The van der Waals surface area contributed by atoms with Crippen LogP contribution in [0.15, 0.2) is 0 Å². The summed E-state index contributed by atoms with van der Waals surface area (Å²) in [5, 5.41) is -0.778. The Morgan fingerprint density at radius 1 is 0.655 bits per heavy atom. The van der Waals surface area contributed by atoms with E-state index in [1.54, 1.807) is 0 Å². The third kappa shape index (κ3) is 7.67. The highest BCUT2D eigenvalue weighted by Gasteiger charge is 2.39. The summed E-state index contributed by atoms with van der Waals surface area (Å²) in [6.45, 7) is 7.05. The van der Waals surface area contributed by atoms with E-state index in [2.05, 4.69) is 6.92 Å². The van der Waals surface area contributed by atoms with Crippen LogP contribution in [-0.2, 0) is 4.43 Å². The Labute approximate surface area is 173 Å². The molecule has 29 heavy (non-hydrogen) atoms. The van der Waals surface area contributed by atoms with E-state index in [0.717, 1.165) is 25.7 Å². The lowest BCUT2D eigenvalue weighted by Gasteiger charge is -2.30. The van der Waals surface area contributed by atoms with Gasteiger partial charge in [0.2, 0.25) is 14.1 Å². The van der Waals surface area contributed by atoms with Gasteiger partial charge in [-0.05, 0) is 25.9 Å². The highest BCUT2D eigenvalue weighted by molar-refractivity contribution is 6.84. The summed E-state index contributed by atoms with van der Waals surface area (Å²) >= 11 is 0. The third-order valence-electron chi connectivity index (χ3n) is 5.36. The van der Waals surface area contributed by atoms with Gasteiger partial charge < -0.3 is 4.43 Å². The third-order valence-corrected chi connectivity index (χ3v) is 7.92. The molecule has 168 valence electrons. The Hall–Kier alpha value is -0.953. The molecule has 0 radical (unpaired) electrons. The van der Waals surface area contributed by atoms with Crippen molar-refractivity contribution in [2.75, 3.05) is 0 Å². The Kier molecular flexibility index (Phi) is 11.4. The van der Waals surface area contributed by atoms with Gasteiger partial charge >= 0.3 is 0 Å². The second kappa shape index (κ2) is 12.7. The van der Waals surface area contributed by atoms with Crippen molar-refractivity contribution in [1.82, 2.24) is 0 Å². The predicted molar refractivity (Wildman–Crippen MR) is 110 cm³/mol. The number of unbranched alkanes of at least 4 members (excludes halogenated alkanes) is 8. The standard InChI is InChI=1S/C22H35F5OSi/c1-5-7-8-9-10-11-12-13-14-15-16(6-2)28-29(3,4)22-20(26)18(24)17(23)19(25)21(22)27/h16H,5-15H2,1-4H3. The number of rotatable bonds is 14. The fourth-order valence-corrected chi connectivity index (χ4v) is 6.15. The van der Waals surface area contributed by atoms with E-state index in [1.807, 2.05) is 6.92 Å². The van der Waals surface area contributed by atoms with Gasteiger partial charge in [-0.2, -0.15) is 0 Å². The summed E-state index contributed by atoms with van der Waals surface area (Å²) in [5.41, 5.74) is 0. The van der Waals surface area contributed by atoms with Gasteiger partial charge in [-0.3, -0.25) is 0 Å². The molecule has 0 aliphatic carbocycles. The molecule has 0 saturated heterocycles. The van der Waals surface area contributed by atoms with Crippen LogP contribution in [-0.4, -0.2) is 14.4 Å². The fraction of sp³-hybridized carbons (Fsp3) is 0.727. The lowest BCUT2D eigenvalue weighted by atomic mass is 10.0. The Morgan fingerprint density at radius 3 is 1.52 bits per heavy atom. The summed E-state index contributed by atoms with van der Waals surface area (Å²) < 4.78 is 74.8. The van der Waals surface area contributed by atoms with Gasteiger partial charge in [-0.1, -0.05) is 71.6 Å². The Morgan fingerprint density at radius 2 is 1.07 bits per heavy atom. The molecule has 0 saturated carbocycles. The van der Waals surface area contributed by atoms with Crippen LogP contribution in [0.1, 0.15) is 84.5 Å². The van der Waals surface area contributed by atoms with E-state index in [4.69, 9.17) is 4.43 Å². The van der Waals surface area contributed by atoms with Crippen LogP contribution in [0.5, 0.6) is 0 Å². The number of hydrogen-bond acceptors (Lipinski definition) is 1. The van der Waals surface area contributed by atoms with E-state index >= 15 is 0 Å². The summed E-state index contributed by atoms with van der Waals surface area (Å²) in [6.07, 6.45) is 11.8. The van der Waals surface area contributed by atoms with E-state index in [-0.39, 0.29) is 6.10 Å². The molecular formula is C22H35F5OSi. The number of benzene rings is 1. The topological polar surface area (TPSA) is 9.23 Å². The van der Waals surface area contributed by atoms with Crippen molar-refractivity contribution in [2.45, 2.75) is 104 Å². The quantitative estimate of drug-likeness (QED) is 0.0960. The van der Waals surface area contributed by atoms with Crippen LogP contribution in [0.25, 0.3) is 0 Å². The number of halogens is 5. The van der Waals surface area contributed by atoms with Gasteiger partial charge in [-0.15, -0.1) is 0 Å². The summed E-state index contributed by atoms with van der Waals surface area (Å²) in [5.74, 6) is -9.48. The maximum Gasteiger partial charge on any atom is 0.225 e. The molecular weight excluding hydrogens is 403 g/mol. The van der Waals surface area contributed by atoms with Gasteiger partial charge in [0.25, 0.3) is 0 Å². The maximum atomic E-state index is 14.2. The van der Waals surface area contributed by atoms with Gasteiger partial charge in [-0.25, -0.2) is 22.0 Å². The fourth-order valence-electron chi connectivity index (χ4n) is 3.64. The molecule has 1 nitrogen and oxygen atoms in total. The molecule has 1 aromatic carbocycles. The SMILES string of the molecule is CCCCCCCCCCCC(CC)O[Si](C)(C)c1c(F)c(F)c(F)c(F)c1F. The minimum absolute atomic E-state index is 0.254. The molecule has 0 N–H and O–H groups in total. The van der Waals surface area contributed by atoms with Crippen molar-refractivity contribution < 1.29 is 26.4 Å². The molecule has 1 rings (SSSR count). The van der Waals surface area contributed by atoms with Crippen molar-refractivity contribution in [2.24, 2.45) is 0 Å². The minimum Gasteiger partial charge on any atom is -0.410 e. The van der Waals surface area contributed by atoms with Gasteiger partial charge in [0.05, 0.1) is 0 Å². The molecule has 0 amide bonds. The molecule has 0 heterocycles. The molecule has 1 unspecified atom stereocenters. The molecule has 7 heteroatoms. The smallest absolute Gasteiger partial charge is 0.225 e. The zero-order chi connectivity index (χ0) is 22.0. The second-order valence-electron chi connectivity index (χ2n) is 8.22. The largest absolute Gasteiger partial charge is 0.410 e. The van der Waals surface area contributed by atoms with Gasteiger partial charge in [0.15, 0.2) is 23.3 Å². The maximum absolute atomic E-state index is 14.2. The molecule has 1 aromatic rings. The average Bonchev–Trinajstić information content (AvgIpc) is 2.68. The monoisotopic (exact) mass is 438 g/mol. The molecule has 0 aromatic heterocycles. The summed E-state index contributed by atoms with van der Waals surface area (Å²) in [6, 6.07) is 0. The molecule has 0 aliphatic heterocycles. The highest BCUT2D eigenvalue weighted by atomic mass is 28.4. The van der Waals surface area contributed by atoms with Gasteiger partial charge in [0.1, 0.15) is 0 Å². The molecule has 0 fully saturated rings. The average molecular weight is 439 g/mol. The van der Waals surface area contributed by atoms with Crippen LogP contribution >= 0.6 is 0 Å². The van der Waals surface area contributed by atoms with Gasteiger partial charge in [0, 0.05) is 11.3 Å². The molecule has 0 spiro atoms. The van der Waals surface area contributed by atoms with Crippen molar-refractivity contribution in [1.29, 1.82) is 0 Å². The predicted octanol–water partition coefficient (Wildman–Crippen LogP) is 7.51. The highest BCUT2D eigenvalue weighted by Crippen LogP contribution is 2.23. The minimum atomic E-state index is -3.33. The molecule has 0 aliphatic rings. The normalized spacial score (nSPS) is 13.1. The zero-order valence-corrected chi connectivity index (χ0v) is 19.2. The van der Waals surface area contributed by atoms with Crippen molar-refractivity contribution >= 4 is 13.5 Å². The first-order chi connectivity index (χ1) is 13.7. The van der Waals surface area contributed by atoms with E-state index < -0.39 is 42.6 Å². The van der Waals surface area contributed by atoms with Crippen LogP contribution in [0.3, 0.4) is 0 Å². The van der Waals surface area contributed by atoms with Crippen molar-refractivity contribution in [3.05, 3.63) is 29.1 Å². The summed E-state index contributed by atoms with van der Waals surface area (Å²) in [4.78, 5) is 0. The molecule has 0 bridgehead atoms. The lowest BCUT2D eigenvalue weighted by Crippen LogP contribution is -2.51. The van der Waals surface area contributed by atoms with E-state index in [0.29, 0.717) is 6.42 Å².